The van der Waals surface area contributed by atoms with Gasteiger partial charge in [-0.1, -0.05) is 24.3 Å². The van der Waals surface area contributed by atoms with Gasteiger partial charge < -0.3 is 10.6 Å². The molecule has 7 nitrogen and oxygen atoms in total. The van der Waals surface area contributed by atoms with Crippen molar-refractivity contribution >= 4 is 28.3 Å². The van der Waals surface area contributed by atoms with E-state index >= 15 is 0 Å². The minimum absolute atomic E-state index is 0.104. The van der Waals surface area contributed by atoms with E-state index in [0.29, 0.717) is 16.5 Å². The second kappa shape index (κ2) is 7.41. The fourth-order valence-electron chi connectivity index (χ4n) is 3.01. The average molecular weight is 364 g/mol. The quantitative estimate of drug-likeness (QED) is 0.741. The molecule has 0 aliphatic carbocycles. The number of amides is 2. The highest BCUT2D eigenvalue weighted by molar-refractivity contribution is 6.04. The van der Waals surface area contributed by atoms with E-state index in [1.54, 1.807) is 24.3 Å². The number of hydrogen-bond acceptors (Lipinski definition) is 4. The SMILES string of the molecule is CNC(=O)c1nn(CC(=O)Nc2cc(C)cc(C)c2)c(=O)c2ccccc12. The molecule has 1 aromatic heterocycles. The van der Waals surface area contributed by atoms with Gasteiger partial charge in [-0.15, -0.1) is 0 Å². The summed E-state index contributed by atoms with van der Waals surface area (Å²) in [4.78, 5) is 37.3. The average Bonchev–Trinajstić information content (AvgIpc) is 2.62. The molecule has 138 valence electrons. The Morgan fingerprint density at radius 3 is 2.30 bits per heavy atom. The normalized spacial score (nSPS) is 10.6. The van der Waals surface area contributed by atoms with Crippen LogP contribution in [0.15, 0.2) is 47.3 Å². The van der Waals surface area contributed by atoms with Crippen LogP contribution in [0.1, 0.15) is 21.6 Å². The molecular weight excluding hydrogens is 344 g/mol. The summed E-state index contributed by atoms with van der Waals surface area (Å²) in [5, 5.41) is 10.2. The summed E-state index contributed by atoms with van der Waals surface area (Å²) in [7, 11) is 1.49. The first-order valence-corrected chi connectivity index (χ1v) is 8.49. The molecule has 0 spiro atoms. The summed E-state index contributed by atoms with van der Waals surface area (Å²) in [6, 6.07) is 12.4. The number of anilines is 1. The zero-order chi connectivity index (χ0) is 19.6. The zero-order valence-corrected chi connectivity index (χ0v) is 15.4. The molecule has 0 aliphatic heterocycles. The van der Waals surface area contributed by atoms with Gasteiger partial charge in [0, 0.05) is 18.1 Å². The fourth-order valence-corrected chi connectivity index (χ4v) is 3.01. The third-order valence-electron chi connectivity index (χ3n) is 4.11. The van der Waals surface area contributed by atoms with Crippen molar-refractivity contribution in [1.82, 2.24) is 15.1 Å². The molecule has 3 rings (SSSR count). The van der Waals surface area contributed by atoms with Crippen LogP contribution in [0, 0.1) is 13.8 Å². The third-order valence-corrected chi connectivity index (χ3v) is 4.11. The number of carbonyl (C=O) groups excluding carboxylic acids is 2. The van der Waals surface area contributed by atoms with Crippen LogP contribution in [-0.4, -0.2) is 28.6 Å². The number of benzene rings is 2. The molecule has 2 aromatic carbocycles. The van der Waals surface area contributed by atoms with E-state index in [0.717, 1.165) is 15.8 Å². The highest BCUT2D eigenvalue weighted by Crippen LogP contribution is 2.15. The van der Waals surface area contributed by atoms with Crippen molar-refractivity contribution in [1.29, 1.82) is 0 Å². The number of carbonyl (C=O) groups is 2. The maximum absolute atomic E-state index is 12.7. The Hall–Kier alpha value is -3.48. The van der Waals surface area contributed by atoms with Crippen molar-refractivity contribution in [3.05, 3.63) is 69.6 Å². The van der Waals surface area contributed by atoms with Crippen molar-refractivity contribution < 1.29 is 9.59 Å². The summed E-state index contributed by atoms with van der Waals surface area (Å²) in [5.41, 5.74) is 2.37. The van der Waals surface area contributed by atoms with Crippen LogP contribution in [0.3, 0.4) is 0 Å². The fraction of sp³-hybridized carbons (Fsp3) is 0.200. The topological polar surface area (TPSA) is 93.1 Å². The highest BCUT2D eigenvalue weighted by Gasteiger charge is 2.17. The zero-order valence-electron chi connectivity index (χ0n) is 15.4. The van der Waals surface area contributed by atoms with Gasteiger partial charge >= 0.3 is 0 Å². The predicted octanol–water partition coefficient (Wildman–Crippen LogP) is 2.01. The standard InChI is InChI=1S/C20H20N4O3/c1-12-8-13(2)10-14(9-12)22-17(25)11-24-20(27)16-7-5-4-6-15(16)18(23-24)19(26)21-3/h4-10H,11H2,1-3H3,(H,21,26)(H,22,25). The lowest BCUT2D eigenvalue weighted by atomic mass is 10.1. The molecule has 0 saturated heterocycles. The van der Waals surface area contributed by atoms with E-state index in [4.69, 9.17) is 0 Å². The smallest absolute Gasteiger partial charge is 0.275 e. The van der Waals surface area contributed by atoms with Gasteiger partial charge in [0.25, 0.3) is 11.5 Å². The monoisotopic (exact) mass is 364 g/mol. The number of hydrogen-bond donors (Lipinski definition) is 2. The number of fused-ring (bicyclic) bond motifs is 1. The van der Waals surface area contributed by atoms with Gasteiger partial charge in [0.15, 0.2) is 5.69 Å². The van der Waals surface area contributed by atoms with Crippen molar-refractivity contribution in [2.45, 2.75) is 20.4 Å². The number of nitrogens with zero attached hydrogens (tertiary/aromatic N) is 2. The van der Waals surface area contributed by atoms with E-state index < -0.39 is 17.4 Å². The molecule has 27 heavy (non-hydrogen) atoms. The summed E-state index contributed by atoms with van der Waals surface area (Å²) in [6.07, 6.45) is 0. The van der Waals surface area contributed by atoms with Gasteiger partial charge in [-0.25, -0.2) is 4.68 Å². The van der Waals surface area contributed by atoms with Crippen LogP contribution in [0.2, 0.25) is 0 Å². The number of nitrogens with one attached hydrogen (secondary N) is 2. The van der Waals surface area contributed by atoms with Crippen LogP contribution in [-0.2, 0) is 11.3 Å². The van der Waals surface area contributed by atoms with Gasteiger partial charge in [0.05, 0.1) is 5.39 Å². The Morgan fingerprint density at radius 1 is 1.04 bits per heavy atom. The number of aryl methyl sites for hydroxylation is 2. The first-order chi connectivity index (χ1) is 12.9. The number of aromatic nitrogens is 2. The lowest BCUT2D eigenvalue weighted by molar-refractivity contribution is -0.117. The van der Waals surface area contributed by atoms with E-state index in [1.165, 1.54) is 7.05 Å². The Morgan fingerprint density at radius 2 is 1.67 bits per heavy atom. The molecule has 2 amide bonds. The second-order valence-electron chi connectivity index (χ2n) is 6.36. The van der Waals surface area contributed by atoms with Crippen molar-refractivity contribution in [2.24, 2.45) is 0 Å². The first kappa shape index (κ1) is 18.3. The molecule has 0 fully saturated rings. The predicted molar refractivity (Wildman–Crippen MR) is 104 cm³/mol. The maximum Gasteiger partial charge on any atom is 0.275 e. The van der Waals surface area contributed by atoms with E-state index in [-0.39, 0.29) is 12.2 Å². The van der Waals surface area contributed by atoms with Crippen LogP contribution in [0.25, 0.3) is 10.8 Å². The minimum atomic E-state index is -0.422. The van der Waals surface area contributed by atoms with Gasteiger partial charge in [0.1, 0.15) is 6.54 Å². The molecular formula is C20H20N4O3. The molecule has 1 heterocycles. The van der Waals surface area contributed by atoms with Crippen molar-refractivity contribution in [3.8, 4) is 0 Å². The van der Waals surface area contributed by atoms with Gasteiger partial charge in [-0.3, -0.25) is 14.4 Å². The Labute approximate surface area is 156 Å². The summed E-state index contributed by atoms with van der Waals surface area (Å²) >= 11 is 0. The molecule has 0 bridgehead atoms. The molecule has 3 aromatic rings. The minimum Gasteiger partial charge on any atom is -0.354 e. The molecule has 0 radical (unpaired) electrons. The summed E-state index contributed by atoms with van der Waals surface area (Å²) < 4.78 is 1.02. The third kappa shape index (κ3) is 3.87. The lowest BCUT2D eigenvalue weighted by Gasteiger charge is -2.11. The maximum atomic E-state index is 12.7. The Bertz CT molecular complexity index is 1080. The molecule has 0 atom stereocenters. The van der Waals surface area contributed by atoms with E-state index in [9.17, 15) is 14.4 Å². The number of rotatable bonds is 4. The second-order valence-corrected chi connectivity index (χ2v) is 6.36. The van der Waals surface area contributed by atoms with Crippen molar-refractivity contribution in [2.75, 3.05) is 12.4 Å². The Kier molecular flexibility index (Phi) is 5.03. The summed E-state index contributed by atoms with van der Waals surface area (Å²) in [5.74, 6) is -0.817. The van der Waals surface area contributed by atoms with Crippen LogP contribution in [0.4, 0.5) is 5.69 Å². The molecule has 0 saturated carbocycles. The highest BCUT2D eigenvalue weighted by atomic mass is 16.2. The molecule has 0 unspecified atom stereocenters. The van der Waals surface area contributed by atoms with Crippen LogP contribution < -0.4 is 16.2 Å². The largest absolute Gasteiger partial charge is 0.354 e. The van der Waals surface area contributed by atoms with E-state index in [2.05, 4.69) is 15.7 Å². The molecule has 0 aliphatic rings. The van der Waals surface area contributed by atoms with Gasteiger partial charge in [0.2, 0.25) is 5.91 Å². The lowest BCUT2D eigenvalue weighted by Crippen LogP contribution is -2.33. The Balaban J connectivity index is 1.96. The summed E-state index contributed by atoms with van der Waals surface area (Å²) in [6.45, 7) is 3.59. The van der Waals surface area contributed by atoms with Crippen LogP contribution in [0.5, 0.6) is 0 Å². The van der Waals surface area contributed by atoms with Crippen LogP contribution >= 0.6 is 0 Å². The molecule has 2 N–H and O–H groups in total. The van der Waals surface area contributed by atoms with Gasteiger partial charge in [-0.2, -0.15) is 5.10 Å². The molecule has 7 heteroatoms. The van der Waals surface area contributed by atoms with E-state index in [1.807, 2.05) is 32.0 Å². The first-order valence-electron chi connectivity index (χ1n) is 8.49. The van der Waals surface area contributed by atoms with Gasteiger partial charge in [-0.05, 0) is 43.2 Å². The van der Waals surface area contributed by atoms with Crippen molar-refractivity contribution in [3.63, 3.8) is 0 Å².